The lowest BCUT2D eigenvalue weighted by Gasteiger charge is -2.27. The van der Waals surface area contributed by atoms with Gasteiger partial charge in [0.1, 0.15) is 93.2 Å². The molecule has 3 saturated carbocycles. The van der Waals surface area contributed by atoms with Crippen LogP contribution in [0.4, 0.5) is 14.6 Å². The zero-order chi connectivity index (χ0) is 99.2. The average molecular weight is 2120 g/mol. The molecule has 3 aliphatic carbocycles. The van der Waals surface area contributed by atoms with Crippen molar-refractivity contribution in [1.29, 1.82) is 0 Å². The van der Waals surface area contributed by atoms with Crippen LogP contribution >= 0.6 is 47.8 Å². The summed E-state index contributed by atoms with van der Waals surface area (Å²) in [6.07, 6.45) is 24.6. The van der Waals surface area contributed by atoms with Crippen LogP contribution in [-0.2, 0) is 123 Å². The number of Topliss-reactive ketones (excluding diaryl/α,β-unsaturated/α-hetero) is 5. The predicted octanol–water partition coefficient (Wildman–Crippen LogP) is 13.7. The third kappa shape index (κ3) is 20.6. The largest absolute Gasteiger partial charge is 0.381 e. The van der Waals surface area contributed by atoms with Crippen molar-refractivity contribution in [2.24, 2.45) is 16.2 Å². The van der Waals surface area contributed by atoms with Gasteiger partial charge >= 0.3 is 0 Å². The van der Waals surface area contributed by atoms with Crippen LogP contribution in [0.15, 0.2) is 148 Å². The number of likely N-dealkylation sites (tertiary alicyclic amines) is 3. The number of piperidine rings is 3. The Bertz CT molecular complexity index is 7090. The fourth-order valence-corrected chi connectivity index (χ4v) is 21.8. The number of aromatic nitrogens is 16. The minimum atomic E-state index is -0.845. The Hall–Kier alpha value is -12.5. The number of pyridine rings is 4. The number of halogens is 5. The van der Waals surface area contributed by atoms with Gasteiger partial charge in [-0.25, -0.2) is 53.6 Å². The van der Waals surface area contributed by atoms with Crippen LogP contribution in [0.25, 0.3) is 66.2 Å². The summed E-state index contributed by atoms with van der Waals surface area (Å²) in [5.41, 5.74) is 8.98. The van der Waals surface area contributed by atoms with Crippen LogP contribution in [0.1, 0.15) is 160 Å². The van der Waals surface area contributed by atoms with E-state index in [1.165, 1.54) is 34.8 Å². The normalized spacial score (nSPS) is 22.8. The Kier molecular flexibility index (Phi) is 28.7. The van der Waals surface area contributed by atoms with Crippen molar-refractivity contribution >= 4 is 139 Å². The van der Waals surface area contributed by atoms with Crippen molar-refractivity contribution in [1.82, 2.24) is 93.9 Å². The summed E-state index contributed by atoms with van der Waals surface area (Å²) in [4.78, 5) is 171. The molecule has 9 atom stereocenters. The fraction of sp³-hybridized carbons (Fsp3) is 0.412. The summed E-state index contributed by atoms with van der Waals surface area (Å²) >= 11 is 10.3. The molecule has 10 aromatic heterocycles. The molecule has 2 aromatic carbocycles. The van der Waals surface area contributed by atoms with E-state index in [9.17, 15) is 51.9 Å². The molecule has 35 nitrogen and oxygen atoms in total. The second-order valence-electron chi connectivity index (χ2n) is 37.7. The Morgan fingerprint density at radius 3 is 1.32 bits per heavy atom. The van der Waals surface area contributed by atoms with Gasteiger partial charge in [-0.15, -0.1) is 0 Å². The molecule has 16 heterocycles. The molecule has 0 unspecified atom stereocenters. The Balaban J connectivity index is 0.000000135. The van der Waals surface area contributed by atoms with Crippen LogP contribution in [0, 0.1) is 37.0 Å². The molecule has 4 amide bonds. The molecule has 1 N–H and O–H groups in total. The van der Waals surface area contributed by atoms with E-state index in [0.717, 1.165) is 42.4 Å². The zero-order valence-electron chi connectivity index (χ0n) is 78.8. The zero-order valence-corrected chi connectivity index (χ0v) is 83.5. The maximum absolute atomic E-state index is 14.7. The highest BCUT2D eigenvalue weighted by molar-refractivity contribution is 9.11. The maximum atomic E-state index is 14.7. The summed E-state index contributed by atoms with van der Waals surface area (Å²) in [5, 5.41) is 18.0. The van der Waals surface area contributed by atoms with E-state index in [0.29, 0.717) is 213 Å². The molecule has 40 heteroatoms. The number of hydrogen-bond acceptors (Lipinski definition) is 28. The Morgan fingerprint density at radius 2 is 0.845 bits per heavy atom. The van der Waals surface area contributed by atoms with Crippen LogP contribution in [0.5, 0.6) is 0 Å². The van der Waals surface area contributed by atoms with Gasteiger partial charge in [0, 0.05) is 150 Å². The summed E-state index contributed by atoms with van der Waals surface area (Å²) in [5.74, 6) is -0.163. The molecule has 9 aliphatic rings. The second-order valence-corrected chi connectivity index (χ2v) is 40.2. The van der Waals surface area contributed by atoms with Gasteiger partial charge < -0.3 is 48.4 Å². The summed E-state index contributed by atoms with van der Waals surface area (Å²) in [7, 11) is 0. The van der Waals surface area contributed by atoms with E-state index < -0.39 is 31.5 Å². The monoisotopic (exact) mass is 2120 g/mol. The molecule has 3 saturated heterocycles. The first-order chi connectivity index (χ1) is 68.5. The van der Waals surface area contributed by atoms with E-state index in [4.69, 9.17) is 28.4 Å². The van der Waals surface area contributed by atoms with Crippen LogP contribution < -0.4 is 5.32 Å². The first-order valence-electron chi connectivity index (χ1n) is 47.0. The molecular weight excluding hydrogens is 2020 g/mol. The molecule has 6 aliphatic heterocycles. The summed E-state index contributed by atoms with van der Waals surface area (Å²) in [6.45, 7) is 12.2. The van der Waals surface area contributed by atoms with E-state index in [-0.39, 0.29) is 154 Å². The lowest BCUT2D eigenvalue weighted by atomic mass is 9.95. The molecule has 8 bridgehead atoms. The number of fused-ring (bicyclic) bond motifs is 10. The van der Waals surface area contributed by atoms with Gasteiger partial charge in [0.05, 0.1) is 131 Å². The Morgan fingerprint density at radius 1 is 0.430 bits per heavy atom. The SMILES string of the molecule is CC(=O)c1nn(CC(=O)N2[C@H]3C[C@@]4(COCC=CCOCc5cc(Br)nc(c5)NC3=O)C[C@@H]24)c2cnc(-c3cnc(C)nc3)cc12.CC(=O)c1nn(CC(=O)N2[C@H]3C[C@@]4(COCC=CCOCc5ccc(Br)nc5CC3=O)C[C@@H]24)c2c(CF)cc(-c3cnc(C)nc3)cc12.CC(=O)c1nn(CC(=O)N2[C@H]3C[C@@]4(COCCCCOCc5ccc(Br)nc5CC3=O)C[C@@H]24)c2c(CF)cc(-c3cnc(C)nc3)cc12. The van der Waals surface area contributed by atoms with Crippen molar-refractivity contribution in [3.63, 3.8) is 0 Å². The van der Waals surface area contributed by atoms with Crippen LogP contribution in [-0.4, -0.2) is 242 Å². The van der Waals surface area contributed by atoms with Gasteiger partial charge in [-0.1, -0.05) is 36.4 Å². The number of hydrogen-bond donors (Lipinski definition) is 1. The molecule has 734 valence electrons. The molecule has 3 spiro atoms. The van der Waals surface area contributed by atoms with E-state index in [1.807, 2.05) is 54.6 Å². The van der Waals surface area contributed by atoms with Gasteiger partial charge in [-0.3, -0.25) is 62.2 Å². The van der Waals surface area contributed by atoms with Gasteiger partial charge in [-0.05, 0) is 202 Å². The lowest BCUT2D eigenvalue weighted by Crippen LogP contribution is -2.46. The molecular formula is C102H101Br3F2N20O15. The van der Waals surface area contributed by atoms with Crippen molar-refractivity contribution in [2.75, 3.05) is 64.8 Å². The van der Waals surface area contributed by atoms with Crippen molar-refractivity contribution in [3.8, 4) is 33.5 Å². The lowest BCUT2D eigenvalue weighted by molar-refractivity contribution is -0.139. The van der Waals surface area contributed by atoms with Crippen molar-refractivity contribution in [2.45, 2.75) is 195 Å². The smallest absolute Gasteiger partial charge is 0.248 e. The molecule has 12 aromatic rings. The maximum Gasteiger partial charge on any atom is 0.248 e. The quantitative estimate of drug-likeness (QED) is 0.0600. The first kappa shape index (κ1) is 98.2. The number of nitrogens with one attached hydrogen (secondary N) is 1. The fourth-order valence-electron chi connectivity index (χ4n) is 20.6. The van der Waals surface area contributed by atoms with Crippen molar-refractivity contribution < 1.29 is 80.4 Å². The number of ether oxygens (including phenoxy) is 6. The second kappa shape index (κ2) is 41.4. The molecule has 142 heavy (non-hydrogen) atoms. The van der Waals surface area contributed by atoms with Gasteiger partial charge in [0.25, 0.3) is 0 Å². The number of benzene rings is 2. The molecule has 21 rings (SSSR count). The number of nitrogens with zero attached hydrogens (tertiary/aromatic N) is 19. The number of rotatable bonds is 14. The highest BCUT2D eigenvalue weighted by atomic mass is 79.9. The summed E-state index contributed by atoms with van der Waals surface area (Å²) < 4.78 is 70.9. The topological polar surface area (TPSA) is 413 Å². The standard InChI is InChI=1S/C35H36BrFN6O5.C35H34BrFN6O5.C32H31BrN8O5/c2*1-20(44)33-26-10-23(25-15-38-21(2)39-16-25)9-24(14-37)34(26)42(41-33)17-32(46)43-28-12-35(13-30(35)43)19-48-8-4-3-7-47-18-22-5-6-31(36)40-27(22)11-29(28)45;1-18(42)30-22-9-23(21-12-34-19(2)35-13-21)36-14-25(22)40(39-30)15-29(43)41-24-10-32(11-26(32)41)17-46-6-4-3-5-45-16-20-7-27(33)37-28(8-20)38-31(24)44/h5-6,9-10,15-16,28,30H,3-4,7-8,11-14,17-19H2,1-2H3;3-6,9-10,15-16,28,30H,7-8,11-14,17-19H2,1-2H3;3-4,7-9,12-14,24,26H,5-6,10-11,15-17H2,1-2H3,(H,37,38,44)/t2*28-,30+,35-;24-,26+,32-/m000/s1. The highest BCUT2D eigenvalue weighted by Crippen LogP contribution is 2.63. The number of carbonyl (C=O) groups is 9. The highest BCUT2D eigenvalue weighted by Gasteiger charge is 2.70. The number of alkyl halides is 2. The third-order valence-corrected chi connectivity index (χ3v) is 29.2. The number of ketones is 5. The first-order valence-corrected chi connectivity index (χ1v) is 49.4. The summed E-state index contributed by atoms with van der Waals surface area (Å²) in [6, 6.07) is 17.0. The molecule has 0 radical (unpaired) electrons. The number of anilines is 1. The van der Waals surface area contributed by atoms with E-state index in [1.54, 1.807) is 115 Å². The number of aryl methyl sites for hydroxylation is 3. The Labute approximate surface area is 839 Å². The van der Waals surface area contributed by atoms with Gasteiger partial charge in [0.15, 0.2) is 28.9 Å². The van der Waals surface area contributed by atoms with E-state index >= 15 is 0 Å². The third-order valence-electron chi connectivity index (χ3n) is 27.9. The number of amides is 4. The predicted molar refractivity (Wildman–Crippen MR) is 523 cm³/mol. The average Bonchev–Trinajstić information content (AvgIpc) is 1.54. The van der Waals surface area contributed by atoms with Crippen LogP contribution in [0.2, 0.25) is 0 Å². The van der Waals surface area contributed by atoms with E-state index in [2.05, 4.69) is 118 Å². The number of carbonyl (C=O) groups excluding carboxylic acids is 9. The minimum Gasteiger partial charge on any atom is -0.381 e. The van der Waals surface area contributed by atoms with Crippen LogP contribution in [0.3, 0.4) is 0 Å². The van der Waals surface area contributed by atoms with Crippen molar-refractivity contribution in [3.05, 3.63) is 222 Å². The van der Waals surface area contributed by atoms with Gasteiger partial charge in [0.2, 0.25) is 23.6 Å². The minimum absolute atomic E-state index is 0.0305. The van der Waals surface area contributed by atoms with Gasteiger partial charge in [-0.2, -0.15) is 15.3 Å². The molecule has 6 fully saturated rings.